The topological polar surface area (TPSA) is 30.9 Å². The van der Waals surface area contributed by atoms with E-state index in [9.17, 15) is 0 Å². The van der Waals surface area contributed by atoms with Gasteiger partial charge >= 0.3 is 0 Å². The van der Waals surface area contributed by atoms with Gasteiger partial charge in [0.15, 0.2) is 0 Å². The molecule has 2 nitrogen and oxygen atoms in total. The van der Waals surface area contributed by atoms with Crippen molar-refractivity contribution in [3.8, 4) is 0 Å². The molecular formula is C10H11BrN2S. The van der Waals surface area contributed by atoms with E-state index < -0.39 is 0 Å². The number of nitrogens with zero attached hydrogens (tertiary/aromatic N) is 1. The first-order valence-electron chi connectivity index (χ1n) is 4.35. The van der Waals surface area contributed by atoms with E-state index in [4.69, 9.17) is 5.73 Å². The van der Waals surface area contributed by atoms with Crippen molar-refractivity contribution in [2.24, 2.45) is 5.73 Å². The summed E-state index contributed by atoms with van der Waals surface area (Å²) in [5, 5.41) is 2.10. The van der Waals surface area contributed by atoms with Crippen molar-refractivity contribution in [1.82, 2.24) is 4.57 Å². The van der Waals surface area contributed by atoms with Gasteiger partial charge in [0.25, 0.3) is 0 Å². The predicted molar refractivity (Wildman–Crippen MR) is 63.4 cm³/mol. The number of hydrogen-bond acceptors (Lipinski definition) is 2. The van der Waals surface area contributed by atoms with Crippen LogP contribution in [0.4, 0.5) is 0 Å². The Kier molecular flexibility index (Phi) is 3.05. The zero-order valence-corrected chi connectivity index (χ0v) is 10.0. The molecule has 0 fully saturated rings. The summed E-state index contributed by atoms with van der Waals surface area (Å²) in [6.45, 7) is 1.54. The van der Waals surface area contributed by atoms with Crippen LogP contribution in [0, 0.1) is 0 Å². The summed E-state index contributed by atoms with van der Waals surface area (Å²) in [5.41, 5.74) is 6.72. The fourth-order valence-corrected chi connectivity index (χ4v) is 2.79. The van der Waals surface area contributed by atoms with Gasteiger partial charge in [-0.05, 0) is 33.6 Å². The number of aromatic nitrogens is 1. The monoisotopic (exact) mass is 270 g/mol. The normalized spacial score (nSPS) is 10.7. The molecule has 4 heteroatoms. The van der Waals surface area contributed by atoms with E-state index in [2.05, 4.69) is 50.4 Å². The molecule has 2 aromatic rings. The lowest BCUT2D eigenvalue weighted by atomic mass is 10.3. The standard InChI is InChI=1S/C10H11BrN2S/c11-9-3-10(14-7-9)6-13-2-1-8(4-12)5-13/h1-3,5,7H,4,6,12H2. The maximum absolute atomic E-state index is 5.54. The molecule has 0 bridgehead atoms. The molecule has 0 unspecified atom stereocenters. The van der Waals surface area contributed by atoms with Crippen molar-refractivity contribution in [2.75, 3.05) is 0 Å². The average Bonchev–Trinajstić information content (AvgIpc) is 2.76. The van der Waals surface area contributed by atoms with Gasteiger partial charge in [-0.25, -0.2) is 0 Å². The molecule has 0 saturated heterocycles. The Morgan fingerprint density at radius 1 is 1.50 bits per heavy atom. The third-order valence-corrected chi connectivity index (χ3v) is 3.69. The van der Waals surface area contributed by atoms with Gasteiger partial charge in [-0.2, -0.15) is 0 Å². The summed E-state index contributed by atoms with van der Waals surface area (Å²) in [7, 11) is 0. The summed E-state index contributed by atoms with van der Waals surface area (Å²) in [6.07, 6.45) is 4.16. The van der Waals surface area contributed by atoms with Crippen LogP contribution >= 0.6 is 27.3 Å². The third kappa shape index (κ3) is 2.26. The highest BCUT2D eigenvalue weighted by molar-refractivity contribution is 9.10. The van der Waals surface area contributed by atoms with E-state index in [1.807, 2.05) is 0 Å². The second kappa shape index (κ2) is 4.29. The molecule has 74 valence electrons. The molecule has 2 rings (SSSR count). The predicted octanol–water partition coefficient (Wildman–Crippen LogP) is 2.82. The van der Waals surface area contributed by atoms with Crippen LogP contribution in [0.1, 0.15) is 10.4 Å². The minimum absolute atomic E-state index is 0.612. The molecule has 0 aliphatic heterocycles. The van der Waals surface area contributed by atoms with E-state index in [1.165, 1.54) is 10.4 Å². The van der Waals surface area contributed by atoms with Gasteiger partial charge in [0, 0.05) is 33.7 Å². The molecule has 0 amide bonds. The van der Waals surface area contributed by atoms with E-state index >= 15 is 0 Å². The number of nitrogens with two attached hydrogens (primary N) is 1. The van der Waals surface area contributed by atoms with Crippen molar-refractivity contribution in [3.05, 3.63) is 44.8 Å². The second-order valence-electron chi connectivity index (χ2n) is 3.13. The summed E-state index contributed by atoms with van der Waals surface area (Å²) in [4.78, 5) is 1.34. The molecule has 0 saturated carbocycles. The number of halogens is 1. The highest BCUT2D eigenvalue weighted by Gasteiger charge is 1.99. The van der Waals surface area contributed by atoms with Crippen LogP contribution in [0.25, 0.3) is 0 Å². The van der Waals surface area contributed by atoms with E-state index in [-0.39, 0.29) is 0 Å². The lowest BCUT2D eigenvalue weighted by Gasteiger charge is -1.98. The van der Waals surface area contributed by atoms with Gasteiger partial charge in [-0.1, -0.05) is 0 Å². The third-order valence-electron chi connectivity index (χ3n) is 2.01. The fraction of sp³-hybridized carbons (Fsp3) is 0.200. The van der Waals surface area contributed by atoms with Crippen LogP contribution < -0.4 is 5.73 Å². The average molecular weight is 271 g/mol. The molecule has 0 atom stereocenters. The largest absolute Gasteiger partial charge is 0.349 e. The molecule has 2 N–H and O–H groups in total. The number of thiophene rings is 1. The quantitative estimate of drug-likeness (QED) is 0.914. The molecule has 2 aromatic heterocycles. The van der Waals surface area contributed by atoms with Gasteiger partial charge < -0.3 is 10.3 Å². The van der Waals surface area contributed by atoms with Crippen molar-refractivity contribution < 1.29 is 0 Å². The Bertz CT molecular complexity index is 419. The Balaban J connectivity index is 2.10. The van der Waals surface area contributed by atoms with Gasteiger partial charge in [-0.15, -0.1) is 11.3 Å². The molecule has 0 aliphatic carbocycles. The van der Waals surface area contributed by atoms with Crippen LogP contribution in [-0.2, 0) is 13.1 Å². The molecule has 0 spiro atoms. The number of rotatable bonds is 3. The Morgan fingerprint density at radius 2 is 2.36 bits per heavy atom. The van der Waals surface area contributed by atoms with E-state index in [0.717, 1.165) is 11.0 Å². The minimum atomic E-state index is 0.612. The van der Waals surface area contributed by atoms with Crippen LogP contribution in [0.3, 0.4) is 0 Å². The van der Waals surface area contributed by atoms with Crippen LogP contribution in [0.15, 0.2) is 34.4 Å². The van der Waals surface area contributed by atoms with Crippen LogP contribution in [0.5, 0.6) is 0 Å². The van der Waals surface area contributed by atoms with Gasteiger partial charge in [0.1, 0.15) is 0 Å². The lowest BCUT2D eigenvalue weighted by Crippen LogP contribution is -1.96. The van der Waals surface area contributed by atoms with Crippen molar-refractivity contribution in [2.45, 2.75) is 13.1 Å². The Labute approximate surface area is 95.5 Å². The zero-order valence-electron chi connectivity index (χ0n) is 7.61. The molecule has 0 aromatic carbocycles. The Morgan fingerprint density at radius 3 is 2.93 bits per heavy atom. The molecular weight excluding hydrogens is 260 g/mol. The van der Waals surface area contributed by atoms with Crippen molar-refractivity contribution in [3.63, 3.8) is 0 Å². The van der Waals surface area contributed by atoms with Gasteiger partial charge in [0.2, 0.25) is 0 Å². The first kappa shape index (κ1) is 9.96. The van der Waals surface area contributed by atoms with Crippen molar-refractivity contribution in [1.29, 1.82) is 0 Å². The summed E-state index contributed by atoms with van der Waals surface area (Å²) in [5.74, 6) is 0. The summed E-state index contributed by atoms with van der Waals surface area (Å²) in [6, 6.07) is 4.20. The number of hydrogen-bond donors (Lipinski definition) is 1. The lowest BCUT2D eigenvalue weighted by molar-refractivity contribution is 0.814. The van der Waals surface area contributed by atoms with Gasteiger partial charge in [-0.3, -0.25) is 0 Å². The zero-order chi connectivity index (χ0) is 9.97. The van der Waals surface area contributed by atoms with Crippen molar-refractivity contribution >= 4 is 27.3 Å². The first-order valence-corrected chi connectivity index (χ1v) is 6.03. The molecule has 0 radical (unpaired) electrons. The minimum Gasteiger partial charge on any atom is -0.349 e. The summed E-state index contributed by atoms with van der Waals surface area (Å²) >= 11 is 5.21. The Hall–Kier alpha value is -0.580. The maximum atomic E-state index is 5.54. The highest BCUT2D eigenvalue weighted by Crippen LogP contribution is 2.20. The van der Waals surface area contributed by atoms with E-state index in [0.29, 0.717) is 6.54 Å². The smallest absolute Gasteiger partial charge is 0.0564 e. The van der Waals surface area contributed by atoms with E-state index in [1.54, 1.807) is 11.3 Å². The van der Waals surface area contributed by atoms with Crippen LogP contribution in [0.2, 0.25) is 0 Å². The van der Waals surface area contributed by atoms with Gasteiger partial charge in [0.05, 0.1) is 6.54 Å². The second-order valence-corrected chi connectivity index (χ2v) is 5.04. The SMILES string of the molecule is NCc1ccn(Cc2cc(Br)cs2)c1. The summed E-state index contributed by atoms with van der Waals surface area (Å²) < 4.78 is 3.31. The molecule has 2 heterocycles. The highest BCUT2D eigenvalue weighted by atomic mass is 79.9. The van der Waals surface area contributed by atoms with Crippen LogP contribution in [-0.4, -0.2) is 4.57 Å². The fourth-order valence-electron chi connectivity index (χ4n) is 1.33. The molecule has 0 aliphatic rings. The molecule has 14 heavy (non-hydrogen) atoms. The first-order chi connectivity index (χ1) is 6.78. The maximum Gasteiger partial charge on any atom is 0.0564 e.